The van der Waals surface area contributed by atoms with Gasteiger partial charge in [0.1, 0.15) is 6.54 Å². The van der Waals surface area contributed by atoms with E-state index in [2.05, 4.69) is 21.4 Å². The third-order valence-electron chi connectivity index (χ3n) is 5.78. The Bertz CT molecular complexity index is 1280. The molecule has 0 aliphatic carbocycles. The number of amides is 2. The van der Waals surface area contributed by atoms with Crippen molar-refractivity contribution in [2.45, 2.75) is 19.5 Å². The van der Waals surface area contributed by atoms with Gasteiger partial charge in [0.25, 0.3) is 5.91 Å². The van der Waals surface area contributed by atoms with Crippen LogP contribution in [0.3, 0.4) is 0 Å². The molecule has 1 atom stereocenters. The molecule has 154 valence electrons. The van der Waals surface area contributed by atoms with Crippen molar-refractivity contribution < 1.29 is 9.59 Å². The summed E-state index contributed by atoms with van der Waals surface area (Å²) in [5, 5.41) is 3.95. The van der Waals surface area contributed by atoms with Crippen LogP contribution in [0.25, 0.3) is 10.9 Å². The predicted molar refractivity (Wildman–Crippen MR) is 118 cm³/mol. The Labute approximate surface area is 179 Å². The first-order valence-electron chi connectivity index (χ1n) is 10.3. The molecule has 4 aromatic rings. The number of rotatable bonds is 5. The standard InChI is InChI=1S/C25H22N4O2/c1-16-23(20-11-4-5-12-21(20)28-16)24-18-9-2-3-10-19(18)25(31)29(24)15-22(30)27-14-17-8-6-7-13-26-17/h2-13,24,28H,14-15H2,1H3,(H,27,30)/t24-/m1/s1. The van der Waals surface area contributed by atoms with Crippen LogP contribution in [0.5, 0.6) is 0 Å². The fourth-order valence-electron chi connectivity index (χ4n) is 4.40. The van der Waals surface area contributed by atoms with Crippen LogP contribution in [0.15, 0.2) is 72.9 Å². The summed E-state index contributed by atoms with van der Waals surface area (Å²) in [5.74, 6) is -0.340. The molecule has 0 radical (unpaired) electrons. The first-order valence-corrected chi connectivity index (χ1v) is 10.3. The Morgan fingerprint density at radius 2 is 1.84 bits per heavy atom. The predicted octanol–water partition coefficient (Wildman–Crippen LogP) is 3.73. The SMILES string of the molecule is Cc1[nH]c2ccccc2c1[C@H]1c2ccccc2C(=O)N1CC(=O)NCc1ccccn1. The number of pyridine rings is 1. The van der Waals surface area contributed by atoms with E-state index < -0.39 is 0 Å². The highest BCUT2D eigenvalue weighted by Crippen LogP contribution is 2.42. The van der Waals surface area contributed by atoms with E-state index in [1.165, 1.54) is 0 Å². The molecule has 2 aromatic carbocycles. The highest BCUT2D eigenvalue weighted by atomic mass is 16.2. The van der Waals surface area contributed by atoms with Gasteiger partial charge in [-0.1, -0.05) is 42.5 Å². The van der Waals surface area contributed by atoms with E-state index in [1.807, 2.05) is 67.6 Å². The first-order chi connectivity index (χ1) is 15.1. The van der Waals surface area contributed by atoms with Crippen LogP contribution >= 0.6 is 0 Å². The summed E-state index contributed by atoms with van der Waals surface area (Å²) >= 11 is 0. The summed E-state index contributed by atoms with van der Waals surface area (Å²) in [6.07, 6.45) is 1.69. The maximum Gasteiger partial charge on any atom is 0.255 e. The van der Waals surface area contributed by atoms with Gasteiger partial charge in [-0.15, -0.1) is 0 Å². The largest absolute Gasteiger partial charge is 0.358 e. The van der Waals surface area contributed by atoms with Crippen molar-refractivity contribution in [3.8, 4) is 0 Å². The van der Waals surface area contributed by atoms with Crippen molar-refractivity contribution in [3.05, 3.63) is 101 Å². The average Bonchev–Trinajstić information content (AvgIpc) is 3.26. The van der Waals surface area contributed by atoms with Gasteiger partial charge in [0.2, 0.25) is 5.91 Å². The number of aromatic amines is 1. The fourth-order valence-corrected chi connectivity index (χ4v) is 4.40. The summed E-state index contributed by atoms with van der Waals surface area (Å²) in [4.78, 5) is 35.4. The van der Waals surface area contributed by atoms with Gasteiger partial charge in [-0.25, -0.2) is 0 Å². The summed E-state index contributed by atoms with van der Waals surface area (Å²) in [5.41, 5.74) is 5.40. The van der Waals surface area contributed by atoms with Gasteiger partial charge < -0.3 is 15.2 Å². The number of fused-ring (bicyclic) bond motifs is 2. The lowest BCUT2D eigenvalue weighted by molar-refractivity contribution is -0.122. The minimum absolute atomic E-state index is 0.0238. The lowest BCUT2D eigenvalue weighted by Gasteiger charge is -2.25. The van der Waals surface area contributed by atoms with Crippen molar-refractivity contribution in [3.63, 3.8) is 0 Å². The van der Waals surface area contributed by atoms with Crippen LogP contribution in [0, 0.1) is 6.92 Å². The van der Waals surface area contributed by atoms with Crippen molar-refractivity contribution in [1.29, 1.82) is 0 Å². The van der Waals surface area contributed by atoms with Crippen LogP contribution in [0.1, 0.15) is 38.9 Å². The first kappa shape index (κ1) is 19.1. The zero-order chi connectivity index (χ0) is 21.4. The molecule has 6 heteroatoms. The monoisotopic (exact) mass is 410 g/mol. The van der Waals surface area contributed by atoms with E-state index in [0.29, 0.717) is 12.1 Å². The number of aromatic nitrogens is 2. The van der Waals surface area contributed by atoms with E-state index in [9.17, 15) is 9.59 Å². The molecule has 0 fully saturated rings. The van der Waals surface area contributed by atoms with Gasteiger partial charge in [0, 0.05) is 33.9 Å². The normalized spacial score (nSPS) is 15.3. The van der Waals surface area contributed by atoms with Gasteiger partial charge in [0.05, 0.1) is 18.3 Å². The highest BCUT2D eigenvalue weighted by Gasteiger charge is 2.40. The number of nitrogens with one attached hydrogen (secondary N) is 2. The summed E-state index contributed by atoms with van der Waals surface area (Å²) in [6, 6.07) is 20.9. The van der Waals surface area contributed by atoms with E-state index in [0.717, 1.165) is 33.4 Å². The van der Waals surface area contributed by atoms with Crippen LogP contribution in [-0.2, 0) is 11.3 Å². The second-order valence-electron chi connectivity index (χ2n) is 7.73. The molecular formula is C25H22N4O2. The summed E-state index contributed by atoms with van der Waals surface area (Å²) in [6.45, 7) is 2.31. The number of carbonyl (C=O) groups excluding carboxylic acids is 2. The molecular weight excluding hydrogens is 388 g/mol. The summed E-state index contributed by atoms with van der Waals surface area (Å²) in [7, 11) is 0. The van der Waals surface area contributed by atoms with Crippen LogP contribution in [-0.4, -0.2) is 33.2 Å². The maximum atomic E-state index is 13.3. The van der Waals surface area contributed by atoms with E-state index in [4.69, 9.17) is 0 Å². The van der Waals surface area contributed by atoms with Crippen LogP contribution < -0.4 is 5.32 Å². The van der Waals surface area contributed by atoms with E-state index in [1.54, 1.807) is 11.1 Å². The zero-order valence-corrected chi connectivity index (χ0v) is 17.1. The number of nitrogens with zero attached hydrogens (tertiary/aromatic N) is 2. The molecule has 5 rings (SSSR count). The van der Waals surface area contributed by atoms with Gasteiger partial charge in [-0.2, -0.15) is 0 Å². The molecule has 0 saturated heterocycles. The molecule has 1 aliphatic rings. The van der Waals surface area contributed by atoms with Gasteiger partial charge in [-0.05, 0) is 36.8 Å². The molecule has 31 heavy (non-hydrogen) atoms. The fraction of sp³-hybridized carbons (Fsp3) is 0.160. The average molecular weight is 410 g/mol. The second-order valence-corrected chi connectivity index (χ2v) is 7.73. The van der Waals surface area contributed by atoms with Crippen LogP contribution in [0.4, 0.5) is 0 Å². The Morgan fingerprint density at radius 1 is 1.06 bits per heavy atom. The van der Waals surface area contributed by atoms with Gasteiger partial charge in [-0.3, -0.25) is 14.6 Å². The van der Waals surface area contributed by atoms with Crippen molar-refractivity contribution in [1.82, 2.24) is 20.2 Å². The van der Waals surface area contributed by atoms with Gasteiger partial charge >= 0.3 is 0 Å². The minimum atomic E-state index is -0.319. The molecule has 0 saturated carbocycles. The topological polar surface area (TPSA) is 78.1 Å². The molecule has 2 aromatic heterocycles. The smallest absolute Gasteiger partial charge is 0.255 e. The Balaban J connectivity index is 1.49. The number of carbonyl (C=O) groups is 2. The molecule has 1 aliphatic heterocycles. The molecule has 2 amide bonds. The molecule has 3 heterocycles. The molecule has 6 nitrogen and oxygen atoms in total. The van der Waals surface area contributed by atoms with Crippen molar-refractivity contribution in [2.75, 3.05) is 6.54 Å². The quantitative estimate of drug-likeness (QED) is 0.526. The van der Waals surface area contributed by atoms with Gasteiger partial charge in [0.15, 0.2) is 0 Å². The van der Waals surface area contributed by atoms with Crippen LogP contribution in [0.2, 0.25) is 0 Å². The van der Waals surface area contributed by atoms with E-state index in [-0.39, 0.29) is 24.4 Å². The summed E-state index contributed by atoms with van der Waals surface area (Å²) < 4.78 is 0. The number of aryl methyl sites for hydroxylation is 1. The number of hydrogen-bond donors (Lipinski definition) is 2. The molecule has 2 N–H and O–H groups in total. The third kappa shape index (κ3) is 3.36. The lowest BCUT2D eigenvalue weighted by atomic mass is 9.95. The van der Waals surface area contributed by atoms with Crippen molar-refractivity contribution >= 4 is 22.7 Å². The number of para-hydroxylation sites is 1. The number of hydrogen-bond acceptors (Lipinski definition) is 3. The maximum absolute atomic E-state index is 13.3. The lowest BCUT2D eigenvalue weighted by Crippen LogP contribution is -2.39. The number of benzene rings is 2. The second kappa shape index (κ2) is 7.72. The highest BCUT2D eigenvalue weighted by molar-refractivity contribution is 6.02. The Hall–Kier alpha value is -3.93. The van der Waals surface area contributed by atoms with Crippen molar-refractivity contribution in [2.24, 2.45) is 0 Å². The number of H-pyrrole nitrogens is 1. The minimum Gasteiger partial charge on any atom is -0.358 e. The molecule has 0 bridgehead atoms. The van der Waals surface area contributed by atoms with E-state index >= 15 is 0 Å². The Morgan fingerprint density at radius 3 is 2.68 bits per heavy atom. The Kier molecular flexibility index (Phi) is 4.75. The molecule has 0 unspecified atom stereocenters. The zero-order valence-electron chi connectivity index (χ0n) is 17.1. The third-order valence-corrected chi connectivity index (χ3v) is 5.78. The molecule has 0 spiro atoms.